The van der Waals surface area contributed by atoms with Gasteiger partial charge in [0.15, 0.2) is 0 Å². The zero-order valence-electron chi connectivity index (χ0n) is 11.6. The minimum Gasteiger partial charge on any atom is -0.207 e. The lowest BCUT2D eigenvalue weighted by Gasteiger charge is -2.24. The Morgan fingerprint density at radius 2 is 1.76 bits per heavy atom. The molecule has 0 amide bonds. The molecule has 2 rings (SSSR count). The molecular weight excluding hydrogens is 313 g/mol. The third kappa shape index (κ3) is 3.43. The second-order valence-electron chi connectivity index (χ2n) is 4.71. The molecule has 3 nitrogen and oxygen atoms in total. The molecule has 0 aliphatic rings. The first-order valence-electron chi connectivity index (χ1n) is 6.31. The Labute approximate surface area is 129 Å². The van der Waals surface area contributed by atoms with Gasteiger partial charge in [0, 0.05) is 18.1 Å². The van der Waals surface area contributed by atoms with Crippen LogP contribution in [0.3, 0.4) is 0 Å². The van der Waals surface area contributed by atoms with Crippen LogP contribution in [0.5, 0.6) is 0 Å². The van der Waals surface area contributed by atoms with Gasteiger partial charge in [0.25, 0.3) is 0 Å². The van der Waals surface area contributed by atoms with E-state index in [2.05, 4.69) is 0 Å². The van der Waals surface area contributed by atoms with Crippen LogP contribution in [0.25, 0.3) is 0 Å². The summed E-state index contributed by atoms with van der Waals surface area (Å²) in [6, 6.07) is 11.5. The Hall–Kier alpha value is -1.43. The summed E-state index contributed by atoms with van der Waals surface area (Å²) in [6.45, 7) is 1.76. The van der Waals surface area contributed by atoms with Crippen LogP contribution in [0.15, 0.2) is 53.4 Å². The quantitative estimate of drug-likeness (QED) is 0.855. The number of halogens is 2. The van der Waals surface area contributed by atoms with Gasteiger partial charge in [-0.05, 0) is 42.8 Å². The van der Waals surface area contributed by atoms with Gasteiger partial charge in [0.1, 0.15) is 5.82 Å². The van der Waals surface area contributed by atoms with Gasteiger partial charge in [0.2, 0.25) is 10.0 Å². The molecular formula is C15H15ClFNO2S. The third-order valence-corrected chi connectivity index (χ3v) is 5.55. The van der Waals surface area contributed by atoms with E-state index in [4.69, 9.17) is 11.6 Å². The topological polar surface area (TPSA) is 37.4 Å². The first-order chi connectivity index (χ1) is 9.82. The van der Waals surface area contributed by atoms with Crippen molar-refractivity contribution in [1.82, 2.24) is 4.31 Å². The van der Waals surface area contributed by atoms with E-state index in [1.54, 1.807) is 31.2 Å². The van der Waals surface area contributed by atoms with Crippen molar-refractivity contribution in [2.75, 3.05) is 7.05 Å². The molecule has 0 unspecified atom stereocenters. The van der Waals surface area contributed by atoms with Gasteiger partial charge in [0.05, 0.1) is 4.90 Å². The highest BCUT2D eigenvalue weighted by Crippen LogP contribution is 2.26. The molecule has 112 valence electrons. The summed E-state index contributed by atoms with van der Waals surface area (Å²) in [4.78, 5) is -0.0641. The summed E-state index contributed by atoms with van der Waals surface area (Å²) in [6.07, 6.45) is 0. The zero-order valence-corrected chi connectivity index (χ0v) is 13.2. The van der Waals surface area contributed by atoms with Crippen LogP contribution in [-0.2, 0) is 10.0 Å². The van der Waals surface area contributed by atoms with Crippen molar-refractivity contribution in [1.29, 1.82) is 0 Å². The lowest BCUT2D eigenvalue weighted by atomic mass is 10.1. The molecule has 0 saturated heterocycles. The molecule has 0 aliphatic heterocycles. The Bertz CT molecular complexity index is 732. The second kappa shape index (κ2) is 6.13. The van der Waals surface area contributed by atoms with Crippen LogP contribution in [0, 0.1) is 5.82 Å². The van der Waals surface area contributed by atoms with E-state index in [0.29, 0.717) is 5.02 Å². The molecule has 0 aliphatic carbocycles. The summed E-state index contributed by atoms with van der Waals surface area (Å²) in [5.41, 5.74) is 0.807. The SMILES string of the molecule is C[C@@H](c1ccc(Cl)cc1)N(C)S(=O)(=O)c1cccc(F)c1. The van der Waals surface area contributed by atoms with E-state index in [1.165, 1.54) is 29.6 Å². The predicted molar refractivity (Wildman–Crippen MR) is 81.2 cm³/mol. The molecule has 6 heteroatoms. The van der Waals surface area contributed by atoms with Gasteiger partial charge in [-0.25, -0.2) is 12.8 Å². The van der Waals surface area contributed by atoms with Gasteiger partial charge in [-0.3, -0.25) is 0 Å². The van der Waals surface area contributed by atoms with Gasteiger partial charge in [-0.15, -0.1) is 0 Å². The first-order valence-corrected chi connectivity index (χ1v) is 8.13. The molecule has 1 atom stereocenters. The van der Waals surface area contributed by atoms with Crippen molar-refractivity contribution < 1.29 is 12.8 Å². The van der Waals surface area contributed by atoms with Gasteiger partial charge >= 0.3 is 0 Å². The zero-order chi connectivity index (χ0) is 15.6. The number of benzene rings is 2. The van der Waals surface area contributed by atoms with Crippen LogP contribution in [0.4, 0.5) is 4.39 Å². The third-order valence-electron chi connectivity index (χ3n) is 3.37. The summed E-state index contributed by atoms with van der Waals surface area (Å²) in [5.74, 6) is -0.580. The molecule has 0 spiro atoms. The van der Waals surface area contributed by atoms with E-state index < -0.39 is 21.9 Å². The van der Waals surface area contributed by atoms with Gasteiger partial charge in [-0.1, -0.05) is 29.8 Å². The largest absolute Gasteiger partial charge is 0.243 e. The number of nitrogens with zero attached hydrogens (tertiary/aromatic N) is 1. The van der Waals surface area contributed by atoms with Crippen LogP contribution >= 0.6 is 11.6 Å². The standard InChI is InChI=1S/C15H15ClFNO2S/c1-11(12-6-8-13(16)9-7-12)18(2)21(19,20)15-5-3-4-14(17)10-15/h3-11H,1-2H3/t11-/m0/s1. The van der Waals surface area contributed by atoms with Gasteiger partial charge in [-0.2, -0.15) is 4.31 Å². The number of hydrogen-bond acceptors (Lipinski definition) is 2. The van der Waals surface area contributed by atoms with E-state index in [9.17, 15) is 12.8 Å². The maximum Gasteiger partial charge on any atom is 0.243 e. The number of hydrogen-bond donors (Lipinski definition) is 0. The van der Waals surface area contributed by atoms with Crippen LogP contribution in [0.1, 0.15) is 18.5 Å². The maximum absolute atomic E-state index is 13.2. The number of sulfonamides is 1. The molecule has 0 N–H and O–H groups in total. The fraction of sp³-hybridized carbons (Fsp3) is 0.200. The summed E-state index contributed by atoms with van der Waals surface area (Å²) >= 11 is 5.83. The molecule has 0 radical (unpaired) electrons. The summed E-state index contributed by atoms with van der Waals surface area (Å²) < 4.78 is 39.4. The highest BCUT2D eigenvalue weighted by Gasteiger charge is 2.26. The lowest BCUT2D eigenvalue weighted by Crippen LogP contribution is -2.29. The van der Waals surface area contributed by atoms with Crippen LogP contribution in [-0.4, -0.2) is 19.8 Å². The maximum atomic E-state index is 13.2. The highest BCUT2D eigenvalue weighted by atomic mass is 35.5. The van der Waals surface area contributed by atoms with Crippen molar-refractivity contribution >= 4 is 21.6 Å². The smallest absolute Gasteiger partial charge is 0.207 e. The molecule has 21 heavy (non-hydrogen) atoms. The summed E-state index contributed by atoms with van der Waals surface area (Å²) in [5, 5.41) is 0.585. The van der Waals surface area contributed by atoms with Gasteiger partial charge < -0.3 is 0 Å². The highest BCUT2D eigenvalue weighted by molar-refractivity contribution is 7.89. The fourth-order valence-electron chi connectivity index (χ4n) is 1.95. The van der Waals surface area contributed by atoms with E-state index in [-0.39, 0.29) is 4.90 Å². The molecule has 0 bridgehead atoms. The van der Waals surface area contributed by atoms with Crippen molar-refractivity contribution in [2.45, 2.75) is 17.9 Å². The Balaban J connectivity index is 2.33. The molecule has 2 aromatic rings. The van der Waals surface area contributed by atoms with E-state index >= 15 is 0 Å². The van der Waals surface area contributed by atoms with Crippen LogP contribution in [0.2, 0.25) is 5.02 Å². The van der Waals surface area contributed by atoms with Crippen molar-refractivity contribution in [2.24, 2.45) is 0 Å². The monoisotopic (exact) mass is 327 g/mol. The lowest BCUT2D eigenvalue weighted by molar-refractivity contribution is 0.398. The molecule has 0 aromatic heterocycles. The van der Waals surface area contributed by atoms with E-state index in [0.717, 1.165) is 11.6 Å². The van der Waals surface area contributed by atoms with Crippen molar-refractivity contribution in [3.8, 4) is 0 Å². The van der Waals surface area contributed by atoms with Crippen molar-refractivity contribution in [3.05, 3.63) is 64.9 Å². The van der Waals surface area contributed by atoms with Crippen molar-refractivity contribution in [3.63, 3.8) is 0 Å². The average molecular weight is 328 g/mol. The van der Waals surface area contributed by atoms with Crippen LogP contribution < -0.4 is 0 Å². The normalized spacial score (nSPS) is 13.4. The van der Waals surface area contributed by atoms with E-state index in [1.807, 2.05) is 0 Å². The summed E-state index contributed by atoms with van der Waals surface area (Å²) in [7, 11) is -2.29. The number of rotatable bonds is 4. The molecule has 2 aromatic carbocycles. The predicted octanol–water partition coefficient (Wildman–Crippen LogP) is 3.86. The first kappa shape index (κ1) is 15.9. The molecule has 0 saturated carbocycles. The molecule has 0 fully saturated rings. The minimum absolute atomic E-state index is 0.0641. The average Bonchev–Trinajstić information content (AvgIpc) is 2.46. The minimum atomic E-state index is -3.76. The fourth-order valence-corrected chi connectivity index (χ4v) is 3.46. The Morgan fingerprint density at radius 1 is 1.14 bits per heavy atom. The Morgan fingerprint density at radius 3 is 2.33 bits per heavy atom. The second-order valence-corrected chi connectivity index (χ2v) is 7.14. The Kier molecular flexibility index (Phi) is 4.66. The molecule has 0 heterocycles.